The van der Waals surface area contributed by atoms with E-state index in [2.05, 4.69) is 10.4 Å². The number of aryl methyl sites for hydroxylation is 2. The van der Waals surface area contributed by atoms with E-state index >= 15 is 0 Å². The Morgan fingerprint density at radius 3 is 2.96 bits per heavy atom. The monoisotopic (exact) mass is 343 g/mol. The largest absolute Gasteiger partial charge is 0.385 e. The molecule has 2 heterocycles. The summed E-state index contributed by atoms with van der Waals surface area (Å²) in [4.78, 5) is 13.2. The van der Waals surface area contributed by atoms with Crippen LogP contribution in [0.4, 0.5) is 15.9 Å². The molecule has 5 N–H and O–H groups in total. The molecular formula is C18H22FN5O. The summed E-state index contributed by atoms with van der Waals surface area (Å²) in [5.41, 5.74) is 16.3. The molecule has 1 aromatic heterocycles. The van der Waals surface area contributed by atoms with Gasteiger partial charge in [-0.25, -0.2) is 4.39 Å². The molecule has 2 aliphatic rings. The molecule has 7 heteroatoms. The van der Waals surface area contributed by atoms with Crippen molar-refractivity contribution in [2.45, 2.75) is 44.6 Å². The van der Waals surface area contributed by atoms with E-state index in [1.165, 1.54) is 16.8 Å². The Balaban J connectivity index is 1.77. The molecule has 0 radical (unpaired) electrons. The first kappa shape index (κ1) is 16.1. The van der Waals surface area contributed by atoms with Gasteiger partial charge >= 0.3 is 0 Å². The van der Waals surface area contributed by atoms with Crippen molar-refractivity contribution >= 4 is 17.4 Å². The second kappa shape index (κ2) is 5.84. The topological polar surface area (TPSA) is 99.0 Å². The van der Waals surface area contributed by atoms with Crippen molar-refractivity contribution in [3.63, 3.8) is 0 Å². The van der Waals surface area contributed by atoms with Crippen molar-refractivity contribution in [2.24, 2.45) is 5.73 Å². The van der Waals surface area contributed by atoms with Crippen molar-refractivity contribution in [1.82, 2.24) is 9.78 Å². The van der Waals surface area contributed by atoms with Gasteiger partial charge in [0.05, 0.1) is 11.6 Å². The normalized spacial score (nSPS) is 22.0. The van der Waals surface area contributed by atoms with E-state index in [0.717, 1.165) is 41.8 Å². The number of halogens is 1. The zero-order valence-electron chi connectivity index (χ0n) is 14.2. The molecule has 0 saturated heterocycles. The van der Waals surface area contributed by atoms with Crippen LogP contribution in [-0.4, -0.2) is 22.2 Å². The fraction of sp³-hybridized carbons (Fsp3) is 0.444. The van der Waals surface area contributed by atoms with E-state index in [1.807, 2.05) is 6.92 Å². The van der Waals surface area contributed by atoms with Gasteiger partial charge < -0.3 is 16.8 Å². The zero-order valence-corrected chi connectivity index (χ0v) is 14.2. The number of hydrogen-bond acceptors (Lipinski definition) is 5. The number of nitrogens with two attached hydrogens (primary N) is 2. The first-order valence-electron chi connectivity index (χ1n) is 8.68. The quantitative estimate of drug-likeness (QED) is 0.739. The lowest BCUT2D eigenvalue weighted by molar-refractivity contribution is 0.0859. The molecule has 2 atom stereocenters. The maximum Gasteiger partial charge on any atom is 0.256 e. The molecule has 6 nitrogen and oxygen atoms in total. The van der Waals surface area contributed by atoms with Gasteiger partial charge in [-0.1, -0.05) is 0 Å². The summed E-state index contributed by atoms with van der Waals surface area (Å²) in [6.07, 6.45) is 3.14. The second-order valence-corrected chi connectivity index (χ2v) is 6.95. The third-order valence-electron chi connectivity index (χ3n) is 5.28. The van der Waals surface area contributed by atoms with Crippen LogP contribution in [0.2, 0.25) is 0 Å². The predicted octanol–water partition coefficient (Wildman–Crippen LogP) is 2.49. The van der Waals surface area contributed by atoms with Crippen LogP contribution in [0.15, 0.2) is 12.1 Å². The van der Waals surface area contributed by atoms with E-state index in [0.29, 0.717) is 24.3 Å². The number of fused-ring (bicyclic) bond motifs is 2. The molecule has 0 saturated carbocycles. The minimum absolute atomic E-state index is 0.176. The number of nitrogen functional groups attached to an aromatic ring is 1. The second-order valence-electron chi connectivity index (χ2n) is 6.95. The maximum absolute atomic E-state index is 13.9. The van der Waals surface area contributed by atoms with Gasteiger partial charge in [-0.15, -0.1) is 0 Å². The molecule has 1 aliphatic carbocycles. The molecule has 0 spiro atoms. The summed E-state index contributed by atoms with van der Waals surface area (Å²) in [5.74, 6) is -0.690. The van der Waals surface area contributed by atoms with Crippen LogP contribution in [0.5, 0.6) is 0 Å². The van der Waals surface area contributed by atoms with E-state index in [9.17, 15) is 9.18 Å². The van der Waals surface area contributed by atoms with E-state index < -0.39 is 5.92 Å². The Bertz CT molecular complexity index is 860. The van der Waals surface area contributed by atoms with Crippen LogP contribution in [0.3, 0.4) is 0 Å². The number of anilines is 2. The SMILES string of the molecule is Cc1cc(F)cc2c1NCC[C@@H]2C(=O)n1nc2c(c1N)C(N)CCC2. The average Bonchev–Trinajstić information content (AvgIpc) is 2.92. The van der Waals surface area contributed by atoms with Gasteiger partial charge in [-0.3, -0.25) is 4.79 Å². The van der Waals surface area contributed by atoms with Crippen LogP contribution in [0.25, 0.3) is 0 Å². The standard InChI is InChI=1S/C18H22FN5O/c1-9-7-10(19)8-12-11(5-6-22-16(9)12)18(25)24-17(21)15-13(20)3-2-4-14(15)23-24/h7-8,11,13,22H,2-6,20-21H2,1H3/t11-,13?/m0/s1. The van der Waals surface area contributed by atoms with Crippen LogP contribution in [0, 0.1) is 12.7 Å². The first-order valence-corrected chi connectivity index (χ1v) is 8.68. The van der Waals surface area contributed by atoms with Gasteiger partial charge in [-0.05, 0) is 55.9 Å². The van der Waals surface area contributed by atoms with E-state index in [4.69, 9.17) is 11.5 Å². The minimum atomic E-state index is -0.467. The Hall–Kier alpha value is -2.41. The number of rotatable bonds is 1. The van der Waals surface area contributed by atoms with Gasteiger partial charge in [0, 0.05) is 23.8 Å². The highest BCUT2D eigenvalue weighted by atomic mass is 19.1. The lowest BCUT2D eigenvalue weighted by Crippen LogP contribution is -2.29. The summed E-state index contributed by atoms with van der Waals surface area (Å²) in [5, 5.41) is 7.71. The van der Waals surface area contributed by atoms with Crippen LogP contribution >= 0.6 is 0 Å². The molecule has 0 amide bonds. The molecule has 1 aliphatic heterocycles. The lowest BCUT2D eigenvalue weighted by Gasteiger charge is -2.27. The first-order chi connectivity index (χ1) is 12.0. The fourth-order valence-corrected chi connectivity index (χ4v) is 4.07. The van der Waals surface area contributed by atoms with Gasteiger partial charge in [0.2, 0.25) is 0 Å². The van der Waals surface area contributed by atoms with Crippen LogP contribution < -0.4 is 16.8 Å². The molecule has 4 rings (SSSR count). The van der Waals surface area contributed by atoms with Crippen molar-refractivity contribution in [1.29, 1.82) is 0 Å². The molecule has 2 aromatic rings. The molecule has 0 bridgehead atoms. The third kappa shape index (κ3) is 2.50. The fourth-order valence-electron chi connectivity index (χ4n) is 4.07. The van der Waals surface area contributed by atoms with Gasteiger partial charge in [0.25, 0.3) is 5.91 Å². The Kier molecular flexibility index (Phi) is 3.76. The summed E-state index contributed by atoms with van der Waals surface area (Å²) in [6, 6.07) is 2.73. The Morgan fingerprint density at radius 1 is 1.40 bits per heavy atom. The molecule has 1 aromatic carbocycles. The summed E-state index contributed by atoms with van der Waals surface area (Å²) < 4.78 is 15.2. The van der Waals surface area contributed by atoms with E-state index in [1.54, 1.807) is 0 Å². The Labute approximate surface area is 145 Å². The maximum atomic E-state index is 13.9. The lowest BCUT2D eigenvalue weighted by atomic mass is 9.88. The van der Waals surface area contributed by atoms with E-state index in [-0.39, 0.29) is 17.8 Å². The molecule has 132 valence electrons. The zero-order chi connectivity index (χ0) is 17.7. The molecule has 1 unspecified atom stereocenters. The smallest absolute Gasteiger partial charge is 0.256 e. The van der Waals surface area contributed by atoms with Crippen molar-refractivity contribution in [3.8, 4) is 0 Å². The van der Waals surface area contributed by atoms with Crippen LogP contribution in [-0.2, 0) is 6.42 Å². The van der Waals surface area contributed by atoms with Gasteiger partial charge in [0.15, 0.2) is 0 Å². The number of carbonyl (C=O) groups excluding carboxylic acids is 1. The number of aromatic nitrogens is 2. The predicted molar refractivity (Wildman–Crippen MR) is 94.1 cm³/mol. The molecule has 0 fully saturated rings. The molecular weight excluding hydrogens is 321 g/mol. The minimum Gasteiger partial charge on any atom is -0.385 e. The third-order valence-corrected chi connectivity index (χ3v) is 5.28. The number of nitrogens with zero attached hydrogens (tertiary/aromatic N) is 2. The summed E-state index contributed by atoms with van der Waals surface area (Å²) in [6.45, 7) is 2.48. The highest BCUT2D eigenvalue weighted by Crippen LogP contribution is 2.38. The Morgan fingerprint density at radius 2 is 2.20 bits per heavy atom. The number of benzene rings is 1. The number of carbonyl (C=O) groups is 1. The van der Waals surface area contributed by atoms with Gasteiger partial charge in [-0.2, -0.15) is 9.78 Å². The highest BCUT2D eigenvalue weighted by Gasteiger charge is 2.33. The van der Waals surface area contributed by atoms with Crippen LogP contribution in [0.1, 0.15) is 58.4 Å². The average molecular weight is 343 g/mol. The van der Waals surface area contributed by atoms with Crippen molar-refractivity contribution in [2.75, 3.05) is 17.6 Å². The number of nitrogens with one attached hydrogen (secondary N) is 1. The molecule has 25 heavy (non-hydrogen) atoms. The van der Waals surface area contributed by atoms with Gasteiger partial charge in [0.1, 0.15) is 11.6 Å². The number of hydrogen-bond donors (Lipinski definition) is 3. The summed E-state index contributed by atoms with van der Waals surface area (Å²) >= 11 is 0. The van der Waals surface area contributed by atoms with Crippen molar-refractivity contribution < 1.29 is 9.18 Å². The highest BCUT2D eigenvalue weighted by molar-refractivity contribution is 5.90. The summed E-state index contributed by atoms with van der Waals surface area (Å²) in [7, 11) is 0. The van der Waals surface area contributed by atoms with Crippen molar-refractivity contribution in [3.05, 3.63) is 40.3 Å².